The highest BCUT2D eigenvalue weighted by atomic mass is 16.5. The summed E-state index contributed by atoms with van der Waals surface area (Å²) in [4.78, 5) is 22.8. The van der Waals surface area contributed by atoms with Crippen LogP contribution in [-0.2, 0) is 11.2 Å². The molecule has 0 aliphatic heterocycles. The fourth-order valence-corrected chi connectivity index (χ4v) is 2.02. The molecular formula is C18H20N2O3. The Labute approximate surface area is 135 Å². The van der Waals surface area contributed by atoms with Crippen molar-refractivity contribution in [2.45, 2.75) is 19.8 Å². The van der Waals surface area contributed by atoms with Gasteiger partial charge in [0.2, 0.25) is 11.8 Å². The van der Waals surface area contributed by atoms with Crippen molar-refractivity contribution in [2.24, 2.45) is 5.73 Å². The van der Waals surface area contributed by atoms with Gasteiger partial charge in [0.15, 0.2) is 0 Å². The summed E-state index contributed by atoms with van der Waals surface area (Å²) in [5.74, 6) is 0.105. The molecule has 2 aromatic rings. The van der Waals surface area contributed by atoms with Gasteiger partial charge in [0.05, 0.1) is 13.0 Å². The average molecular weight is 312 g/mol. The number of hydrogen-bond donors (Lipinski definition) is 2. The molecule has 0 spiro atoms. The largest absolute Gasteiger partial charge is 0.493 e. The van der Waals surface area contributed by atoms with E-state index in [1.54, 1.807) is 24.3 Å². The lowest BCUT2D eigenvalue weighted by molar-refractivity contribution is -0.116. The molecule has 0 saturated carbocycles. The molecule has 0 aromatic heterocycles. The zero-order valence-electron chi connectivity index (χ0n) is 13.0. The molecule has 23 heavy (non-hydrogen) atoms. The first-order valence-corrected chi connectivity index (χ1v) is 7.50. The molecule has 5 nitrogen and oxygen atoms in total. The predicted molar refractivity (Wildman–Crippen MR) is 89.5 cm³/mol. The van der Waals surface area contributed by atoms with E-state index in [1.165, 1.54) is 5.56 Å². The van der Waals surface area contributed by atoms with Crippen LogP contribution >= 0.6 is 0 Å². The van der Waals surface area contributed by atoms with E-state index in [-0.39, 0.29) is 12.3 Å². The number of carbonyl (C=O) groups is 2. The van der Waals surface area contributed by atoms with Crippen LogP contribution in [0.4, 0.5) is 5.69 Å². The third-order valence-electron chi connectivity index (χ3n) is 3.38. The second kappa shape index (κ2) is 7.98. The van der Waals surface area contributed by atoms with E-state index in [1.807, 2.05) is 24.3 Å². The molecule has 0 fully saturated rings. The molecule has 0 unspecified atom stereocenters. The van der Waals surface area contributed by atoms with Gasteiger partial charge in [0.1, 0.15) is 5.75 Å². The summed E-state index contributed by atoms with van der Waals surface area (Å²) in [7, 11) is 0. The third kappa shape index (κ3) is 5.14. The van der Waals surface area contributed by atoms with Crippen LogP contribution < -0.4 is 15.8 Å². The van der Waals surface area contributed by atoms with E-state index < -0.39 is 5.91 Å². The van der Waals surface area contributed by atoms with Crippen molar-refractivity contribution >= 4 is 17.5 Å². The number of carbonyl (C=O) groups excluding carboxylic acids is 2. The van der Waals surface area contributed by atoms with Gasteiger partial charge in [-0.05, 0) is 48.4 Å². The van der Waals surface area contributed by atoms with E-state index in [0.717, 1.165) is 12.2 Å². The van der Waals surface area contributed by atoms with Crippen molar-refractivity contribution in [1.29, 1.82) is 0 Å². The molecule has 0 bridgehead atoms. The molecule has 120 valence electrons. The number of nitrogens with two attached hydrogens (primary N) is 1. The smallest absolute Gasteiger partial charge is 0.248 e. The maximum Gasteiger partial charge on any atom is 0.248 e. The maximum absolute atomic E-state index is 11.8. The lowest BCUT2D eigenvalue weighted by Crippen LogP contribution is -2.15. The van der Waals surface area contributed by atoms with Crippen LogP contribution in [0.5, 0.6) is 5.75 Å². The van der Waals surface area contributed by atoms with Crippen LogP contribution in [0.25, 0.3) is 0 Å². The van der Waals surface area contributed by atoms with Crippen molar-refractivity contribution in [3.8, 4) is 5.75 Å². The van der Waals surface area contributed by atoms with Gasteiger partial charge in [-0.1, -0.05) is 19.1 Å². The molecule has 3 N–H and O–H groups in total. The first-order valence-electron chi connectivity index (χ1n) is 7.50. The number of primary amides is 1. The Morgan fingerprint density at radius 1 is 1.04 bits per heavy atom. The summed E-state index contributed by atoms with van der Waals surface area (Å²) in [6.07, 6.45) is 1.23. The van der Waals surface area contributed by atoms with Gasteiger partial charge in [-0.25, -0.2) is 0 Å². The molecule has 0 aliphatic rings. The summed E-state index contributed by atoms with van der Waals surface area (Å²) < 4.78 is 5.54. The second-order valence-electron chi connectivity index (χ2n) is 5.09. The van der Waals surface area contributed by atoms with Gasteiger partial charge in [-0.3, -0.25) is 9.59 Å². The van der Waals surface area contributed by atoms with Crippen LogP contribution in [0.1, 0.15) is 29.3 Å². The van der Waals surface area contributed by atoms with Gasteiger partial charge in [0.25, 0.3) is 0 Å². The van der Waals surface area contributed by atoms with Crippen molar-refractivity contribution in [1.82, 2.24) is 0 Å². The number of aryl methyl sites for hydroxylation is 1. The molecule has 2 aromatic carbocycles. The van der Waals surface area contributed by atoms with E-state index in [2.05, 4.69) is 12.2 Å². The Balaban J connectivity index is 1.77. The number of nitrogens with one attached hydrogen (secondary N) is 1. The van der Waals surface area contributed by atoms with Gasteiger partial charge in [-0.2, -0.15) is 0 Å². The fourth-order valence-electron chi connectivity index (χ4n) is 2.02. The number of rotatable bonds is 7. The summed E-state index contributed by atoms with van der Waals surface area (Å²) in [5, 5.41) is 2.74. The number of anilines is 1. The normalized spacial score (nSPS) is 10.1. The molecule has 2 rings (SSSR count). The van der Waals surface area contributed by atoms with E-state index in [4.69, 9.17) is 10.5 Å². The van der Waals surface area contributed by atoms with Crippen molar-refractivity contribution in [3.63, 3.8) is 0 Å². The van der Waals surface area contributed by atoms with Crippen LogP contribution in [-0.4, -0.2) is 18.4 Å². The van der Waals surface area contributed by atoms with E-state index in [9.17, 15) is 9.59 Å². The van der Waals surface area contributed by atoms with Gasteiger partial charge in [0, 0.05) is 11.3 Å². The minimum absolute atomic E-state index is 0.151. The molecule has 0 saturated heterocycles. The Kier molecular flexibility index (Phi) is 5.74. The number of hydrogen-bond acceptors (Lipinski definition) is 3. The van der Waals surface area contributed by atoms with Crippen molar-refractivity contribution in [3.05, 3.63) is 59.7 Å². The Bertz CT molecular complexity index is 664. The molecule has 0 heterocycles. The number of benzene rings is 2. The standard InChI is InChI=1S/C18H20N2O3/c1-2-13-3-9-16(10-4-13)23-12-11-17(21)20-15-7-5-14(6-8-15)18(19)22/h3-10H,2,11-12H2,1H3,(H2,19,22)(H,20,21). The molecular weight excluding hydrogens is 292 g/mol. The first kappa shape index (κ1) is 16.5. The Morgan fingerprint density at radius 3 is 2.26 bits per heavy atom. The lowest BCUT2D eigenvalue weighted by Gasteiger charge is -2.08. The van der Waals surface area contributed by atoms with Gasteiger partial charge < -0.3 is 15.8 Å². The second-order valence-corrected chi connectivity index (χ2v) is 5.09. The third-order valence-corrected chi connectivity index (χ3v) is 3.38. The monoisotopic (exact) mass is 312 g/mol. The zero-order valence-corrected chi connectivity index (χ0v) is 13.0. The molecule has 2 amide bonds. The van der Waals surface area contributed by atoms with Crippen LogP contribution in [0.2, 0.25) is 0 Å². The van der Waals surface area contributed by atoms with Gasteiger partial charge >= 0.3 is 0 Å². The minimum atomic E-state index is -0.495. The summed E-state index contributed by atoms with van der Waals surface area (Å²) in [6, 6.07) is 14.3. The fraction of sp³-hybridized carbons (Fsp3) is 0.222. The highest BCUT2D eigenvalue weighted by Gasteiger charge is 2.05. The molecule has 0 aliphatic carbocycles. The summed E-state index contributed by atoms with van der Waals surface area (Å²) in [5.41, 5.74) is 7.43. The van der Waals surface area contributed by atoms with E-state index >= 15 is 0 Å². The van der Waals surface area contributed by atoms with Gasteiger partial charge in [-0.15, -0.1) is 0 Å². The van der Waals surface area contributed by atoms with Crippen molar-refractivity contribution < 1.29 is 14.3 Å². The summed E-state index contributed by atoms with van der Waals surface area (Å²) >= 11 is 0. The minimum Gasteiger partial charge on any atom is -0.493 e. The zero-order chi connectivity index (χ0) is 16.7. The van der Waals surface area contributed by atoms with Crippen LogP contribution in [0.15, 0.2) is 48.5 Å². The quantitative estimate of drug-likeness (QED) is 0.825. The predicted octanol–water partition coefficient (Wildman–Crippen LogP) is 2.76. The average Bonchev–Trinajstić information content (AvgIpc) is 2.56. The van der Waals surface area contributed by atoms with Crippen LogP contribution in [0.3, 0.4) is 0 Å². The highest BCUT2D eigenvalue weighted by molar-refractivity contribution is 5.94. The molecule has 0 radical (unpaired) electrons. The first-order chi connectivity index (χ1) is 11.1. The number of amides is 2. The van der Waals surface area contributed by atoms with Crippen LogP contribution in [0, 0.1) is 0 Å². The summed E-state index contributed by atoms with van der Waals surface area (Å²) in [6.45, 7) is 2.40. The lowest BCUT2D eigenvalue weighted by atomic mass is 10.2. The molecule has 0 atom stereocenters. The molecule has 5 heteroatoms. The highest BCUT2D eigenvalue weighted by Crippen LogP contribution is 2.13. The Morgan fingerprint density at radius 2 is 1.70 bits per heavy atom. The topological polar surface area (TPSA) is 81.4 Å². The number of ether oxygens (including phenoxy) is 1. The van der Waals surface area contributed by atoms with E-state index in [0.29, 0.717) is 17.9 Å². The Hall–Kier alpha value is -2.82. The SMILES string of the molecule is CCc1ccc(OCCC(=O)Nc2ccc(C(N)=O)cc2)cc1. The maximum atomic E-state index is 11.8. The van der Waals surface area contributed by atoms with Crippen molar-refractivity contribution in [2.75, 3.05) is 11.9 Å².